The van der Waals surface area contributed by atoms with Gasteiger partial charge in [0.15, 0.2) is 0 Å². The smallest absolute Gasteiger partial charge is 0.258 e. The van der Waals surface area contributed by atoms with E-state index in [0.717, 1.165) is 16.8 Å². The van der Waals surface area contributed by atoms with Gasteiger partial charge in [-0.3, -0.25) is 9.59 Å². The van der Waals surface area contributed by atoms with Crippen LogP contribution in [0, 0.1) is 13.8 Å². The second-order valence-electron chi connectivity index (χ2n) is 6.40. The van der Waals surface area contributed by atoms with Crippen molar-refractivity contribution in [3.63, 3.8) is 0 Å². The molecule has 7 heteroatoms. The van der Waals surface area contributed by atoms with Gasteiger partial charge in [0.2, 0.25) is 11.9 Å². The van der Waals surface area contributed by atoms with Gasteiger partial charge in [-0.1, -0.05) is 24.3 Å². The van der Waals surface area contributed by atoms with Crippen LogP contribution in [0.15, 0.2) is 54.9 Å². The van der Waals surface area contributed by atoms with Crippen molar-refractivity contribution >= 4 is 34.8 Å². The van der Waals surface area contributed by atoms with Gasteiger partial charge in [-0.05, 0) is 43.2 Å². The lowest BCUT2D eigenvalue weighted by molar-refractivity contribution is -0.114. The van der Waals surface area contributed by atoms with Crippen LogP contribution in [0.5, 0.6) is 0 Å². The van der Waals surface area contributed by atoms with Crippen molar-refractivity contribution in [2.75, 3.05) is 16.0 Å². The van der Waals surface area contributed by atoms with Gasteiger partial charge in [-0.2, -0.15) is 0 Å². The second-order valence-corrected chi connectivity index (χ2v) is 6.40. The molecule has 3 N–H and O–H groups in total. The predicted molar refractivity (Wildman–Crippen MR) is 110 cm³/mol. The topological polar surface area (TPSA) is 96.0 Å². The zero-order valence-electron chi connectivity index (χ0n) is 15.9. The van der Waals surface area contributed by atoms with Crippen molar-refractivity contribution < 1.29 is 9.59 Å². The van der Waals surface area contributed by atoms with Gasteiger partial charge in [0.1, 0.15) is 0 Å². The standard InChI is InChI=1S/C21H21N5O2/c1-13-6-4-7-14(2)19(13)26-21-22-11-16(12-23-21)20(28)25-18-9-5-8-17(10-18)24-15(3)27/h4-12H,1-3H3,(H,24,27)(H,25,28)(H,22,23,26). The Hall–Kier alpha value is -3.74. The number of hydrogen-bond acceptors (Lipinski definition) is 5. The molecule has 142 valence electrons. The van der Waals surface area contributed by atoms with Crippen molar-refractivity contribution in [3.05, 3.63) is 71.5 Å². The molecule has 0 aliphatic rings. The zero-order valence-corrected chi connectivity index (χ0v) is 15.9. The van der Waals surface area contributed by atoms with E-state index in [1.165, 1.54) is 19.3 Å². The van der Waals surface area contributed by atoms with E-state index in [1.807, 2.05) is 32.0 Å². The Balaban J connectivity index is 1.69. The Morgan fingerprint density at radius 2 is 1.43 bits per heavy atom. The summed E-state index contributed by atoms with van der Waals surface area (Å²) < 4.78 is 0. The molecule has 0 saturated carbocycles. The monoisotopic (exact) mass is 375 g/mol. The minimum Gasteiger partial charge on any atom is -0.326 e. The number of carbonyl (C=O) groups is 2. The number of para-hydroxylation sites is 1. The van der Waals surface area contributed by atoms with E-state index < -0.39 is 0 Å². The molecule has 2 aromatic carbocycles. The fraction of sp³-hybridized carbons (Fsp3) is 0.143. The molecule has 0 bridgehead atoms. The van der Waals surface area contributed by atoms with E-state index in [9.17, 15) is 9.59 Å². The molecule has 7 nitrogen and oxygen atoms in total. The van der Waals surface area contributed by atoms with Crippen molar-refractivity contribution in [3.8, 4) is 0 Å². The first kappa shape index (κ1) is 19.0. The molecule has 0 spiro atoms. The summed E-state index contributed by atoms with van der Waals surface area (Å²) in [6, 6.07) is 12.9. The third-order valence-corrected chi connectivity index (χ3v) is 4.07. The van der Waals surface area contributed by atoms with Gasteiger partial charge < -0.3 is 16.0 Å². The Morgan fingerprint density at radius 1 is 0.857 bits per heavy atom. The first-order valence-corrected chi connectivity index (χ1v) is 8.76. The van der Waals surface area contributed by atoms with Crippen molar-refractivity contribution in [1.82, 2.24) is 9.97 Å². The van der Waals surface area contributed by atoms with Crippen LogP contribution < -0.4 is 16.0 Å². The number of aromatic nitrogens is 2. The van der Waals surface area contributed by atoms with Crippen molar-refractivity contribution in [1.29, 1.82) is 0 Å². The number of rotatable bonds is 5. The van der Waals surface area contributed by atoms with Crippen LogP contribution in [0.4, 0.5) is 23.0 Å². The molecule has 28 heavy (non-hydrogen) atoms. The highest BCUT2D eigenvalue weighted by atomic mass is 16.2. The molecule has 3 rings (SSSR count). The summed E-state index contributed by atoms with van der Waals surface area (Å²) in [6.07, 6.45) is 2.94. The number of hydrogen-bond donors (Lipinski definition) is 3. The fourth-order valence-corrected chi connectivity index (χ4v) is 2.71. The fourth-order valence-electron chi connectivity index (χ4n) is 2.71. The Kier molecular flexibility index (Phi) is 5.64. The highest BCUT2D eigenvalue weighted by Crippen LogP contribution is 2.22. The van der Waals surface area contributed by atoms with Gasteiger partial charge in [0, 0.05) is 36.4 Å². The molecule has 3 aromatic rings. The number of nitrogens with zero attached hydrogens (tertiary/aromatic N) is 2. The number of anilines is 4. The van der Waals surface area contributed by atoms with E-state index in [0.29, 0.717) is 22.9 Å². The first-order chi connectivity index (χ1) is 13.4. The van der Waals surface area contributed by atoms with Gasteiger partial charge in [0.05, 0.1) is 5.56 Å². The van der Waals surface area contributed by atoms with Crippen LogP contribution in [0.1, 0.15) is 28.4 Å². The molecule has 0 fully saturated rings. The zero-order chi connectivity index (χ0) is 20.1. The van der Waals surface area contributed by atoms with E-state index in [4.69, 9.17) is 0 Å². The van der Waals surface area contributed by atoms with Gasteiger partial charge in [-0.25, -0.2) is 9.97 Å². The molecule has 2 amide bonds. The van der Waals surface area contributed by atoms with Gasteiger partial charge >= 0.3 is 0 Å². The third-order valence-electron chi connectivity index (χ3n) is 4.07. The minimum atomic E-state index is -0.335. The highest BCUT2D eigenvalue weighted by Gasteiger charge is 2.10. The van der Waals surface area contributed by atoms with E-state index in [-0.39, 0.29) is 11.8 Å². The van der Waals surface area contributed by atoms with Crippen LogP contribution in [0.2, 0.25) is 0 Å². The quantitative estimate of drug-likeness (QED) is 0.625. The summed E-state index contributed by atoms with van der Waals surface area (Å²) in [7, 11) is 0. The highest BCUT2D eigenvalue weighted by molar-refractivity contribution is 6.04. The maximum absolute atomic E-state index is 12.4. The van der Waals surface area contributed by atoms with Crippen LogP contribution in [0.3, 0.4) is 0 Å². The molecular formula is C21H21N5O2. The van der Waals surface area contributed by atoms with E-state index in [1.54, 1.807) is 24.3 Å². The largest absolute Gasteiger partial charge is 0.326 e. The number of aryl methyl sites for hydroxylation is 2. The number of nitrogens with one attached hydrogen (secondary N) is 3. The number of amides is 2. The van der Waals surface area contributed by atoms with Crippen LogP contribution in [-0.2, 0) is 4.79 Å². The van der Waals surface area contributed by atoms with Gasteiger partial charge in [0.25, 0.3) is 5.91 Å². The predicted octanol–water partition coefficient (Wildman–Crippen LogP) is 4.05. The molecule has 0 aliphatic carbocycles. The van der Waals surface area contributed by atoms with E-state index in [2.05, 4.69) is 25.9 Å². The SMILES string of the molecule is CC(=O)Nc1cccc(NC(=O)c2cnc(Nc3c(C)cccc3C)nc2)c1. The van der Waals surface area contributed by atoms with E-state index >= 15 is 0 Å². The average molecular weight is 375 g/mol. The summed E-state index contributed by atoms with van der Waals surface area (Å²) in [4.78, 5) is 32.1. The summed E-state index contributed by atoms with van der Waals surface area (Å²) in [6.45, 7) is 5.44. The molecule has 0 aliphatic heterocycles. The molecule has 0 unspecified atom stereocenters. The normalized spacial score (nSPS) is 10.2. The van der Waals surface area contributed by atoms with Crippen molar-refractivity contribution in [2.45, 2.75) is 20.8 Å². The molecule has 1 heterocycles. The summed E-state index contributed by atoms with van der Waals surface area (Å²) in [5.41, 5.74) is 4.63. The Morgan fingerprint density at radius 3 is 2.04 bits per heavy atom. The van der Waals surface area contributed by atoms with Crippen LogP contribution in [0.25, 0.3) is 0 Å². The number of benzene rings is 2. The maximum Gasteiger partial charge on any atom is 0.258 e. The Labute approximate surface area is 163 Å². The molecular weight excluding hydrogens is 354 g/mol. The third kappa shape index (κ3) is 4.70. The number of carbonyl (C=O) groups excluding carboxylic acids is 2. The summed E-state index contributed by atoms with van der Waals surface area (Å²) >= 11 is 0. The first-order valence-electron chi connectivity index (χ1n) is 8.76. The molecule has 1 aromatic heterocycles. The molecule has 0 saturated heterocycles. The molecule has 0 radical (unpaired) electrons. The summed E-state index contributed by atoms with van der Waals surface area (Å²) in [5.74, 6) is -0.0935. The Bertz CT molecular complexity index is 995. The van der Waals surface area contributed by atoms with Crippen molar-refractivity contribution in [2.24, 2.45) is 0 Å². The van der Waals surface area contributed by atoms with Crippen LogP contribution >= 0.6 is 0 Å². The lowest BCUT2D eigenvalue weighted by Crippen LogP contribution is -2.13. The van der Waals surface area contributed by atoms with Gasteiger partial charge in [-0.15, -0.1) is 0 Å². The maximum atomic E-state index is 12.4. The molecule has 0 atom stereocenters. The average Bonchev–Trinajstić information content (AvgIpc) is 2.65. The summed E-state index contributed by atoms with van der Waals surface area (Å²) in [5, 5.41) is 8.63. The van der Waals surface area contributed by atoms with Crippen LogP contribution in [-0.4, -0.2) is 21.8 Å². The minimum absolute atomic E-state index is 0.177. The lowest BCUT2D eigenvalue weighted by Gasteiger charge is -2.11. The second kappa shape index (κ2) is 8.30. The lowest BCUT2D eigenvalue weighted by atomic mass is 10.1.